The van der Waals surface area contributed by atoms with Crippen molar-refractivity contribution in [1.29, 1.82) is 0 Å². The van der Waals surface area contributed by atoms with Crippen LogP contribution in [-0.2, 0) is 11.2 Å². The normalized spacial score (nSPS) is 15.5. The second-order valence-corrected chi connectivity index (χ2v) is 4.96. The summed E-state index contributed by atoms with van der Waals surface area (Å²) in [5, 5.41) is 0. The Morgan fingerprint density at radius 2 is 2.24 bits per heavy atom. The molecule has 0 fully saturated rings. The molecule has 0 aromatic heterocycles. The van der Waals surface area contributed by atoms with E-state index in [0.29, 0.717) is 11.4 Å². The van der Waals surface area contributed by atoms with Crippen LogP contribution >= 0.6 is 12.2 Å². The second-order valence-electron chi connectivity index (χ2n) is 4.44. The minimum Gasteiger partial charge on any atom is -0.393 e. The molecule has 0 saturated carbocycles. The van der Waals surface area contributed by atoms with Gasteiger partial charge in [-0.25, -0.2) is 0 Å². The van der Waals surface area contributed by atoms with E-state index in [2.05, 4.69) is 6.07 Å². The van der Waals surface area contributed by atoms with Crippen molar-refractivity contribution in [1.82, 2.24) is 0 Å². The maximum Gasteiger partial charge on any atom is 0.230 e. The summed E-state index contributed by atoms with van der Waals surface area (Å²) in [6, 6.07) is 8.03. The van der Waals surface area contributed by atoms with Gasteiger partial charge in [0.1, 0.15) is 0 Å². The number of rotatable bonds is 3. The highest BCUT2D eigenvalue weighted by atomic mass is 32.1. The highest BCUT2D eigenvalue weighted by Gasteiger charge is 2.27. The largest absolute Gasteiger partial charge is 0.393 e. The van der Waals surface area contributed by atoms with Crippen LogP contribution in [0.4, 0.5) is 5.69 Å². The fourth-order valence-corrected chi connectivity index (χ4v) is 2.47. The summed E-state index contributed by atoms with van der Waals surface area (Å²) < 4.78 is 0. The molecular formula is C13H16N2OS. The monoisotopic (exact) mass is 248 g/mol. The van der Waals surface area contributed by atoms with Crippen molar-refractivity contribution in [3.63, 3.8) is 0 Å². The second kappa shape index (κ2) is 4.84. The number of nitrogens with zero attached hydrogens (tertiary/aromatic N) is 1. The molecule has 0 bridgehead atoms. The van der Waals surface area contributed by atoms with Crippen molar-refractivity contribution < 1.29 is 4.79 Å². The average molecular weight is 248 g/mol. The fraction of sp³-hybridized carbons (Fsp3) is 0.385. The number of para-hydroxylation sites is 1. The molecule has 1 atom stereocenters. The van der Waals surface area contributed by atoms with Crippen LogP contribution in [0.25, 0.3) is 0 Å². The van der Waals surface area contributed by atoms with E-state index >= 15 is 0 Å². The van der Waals surface area contributed by atoms with Crippen LogP contribution < -0.4 is 10.6 Å². The number of carbonyl (C=O) groups excluding carboxylic acids is 1. The van der Waals surface area contributed by atoms with Gasteiger partial charge in [0.25, 0.3) is 0 Å². The van der Waals surface area contributed by atoms with Gasteiger partial charge in [0.05, 0.1) is 4.99 Å². The van der Waals surface area contributed by atoms with E-state index in [0.717, 1.165) is 18.7 Å². The summed E-state index contributed by atoms with van der Waals surface area (Å²) in [6.07, 6.45) is 1.41. The summed E-state index contributed by atoms with van der Waals surface area (Å²) in [4.78, 5) is 14.5. The van der Waals surface area contributed by atoms with Crippen LogP contribution in [-0.4, -0.2) is 17.4 Å². The van der Waals surface area contributed by atoms with Gasteiger partial charge in [-0.15, -0.1) is 0 Å². The zero-order valence-corrected chi connectivity index (χ0v) is 10.7. The molecule has 4 heteroatoms. The molecule has 0 spiro atoms. The molecule has 1 aromatic rings. The molecule has 0 saturated heterocycles. The zero-order valence-electron chi connectivity index (χ0n) is 9.85. The van der Waals surface area contributed by atoms with Gasteiger partial charge in [-0.1, -0.05) is 37.3 Å². The minimum absolute atomic E-state index is 0.114. The van der Waals surface area contributed by atoms with E-state index in [1.165, 1.54) is 5.56 Å². The minimum atomic E-state index is -0.140. The van der Waals surface area contributed by atoms with E-state index < -0.39 is 0 Å². The van der Waals surface area contributed by atoms with Crippen LogP contribution in [0.1, 0.15) is 18.9 Å². The van der Waals surface area contributed by atoms with Gasteiger partial charge in [-0.05, 0) is 18.1 Å². The summed E-state index contributed by atoms with van der Waals surface area (Å²) in [7, 11) is 0. The third kappa shape index (κ3) is 2.47. The predicted molar refractivity (Wildman–Crippen MR) is 73.1 cm³/mol. The van der Waals surface area contributed by atoms with Gasteiger partial charge in [-0.3, -0.25) is 4.79 Å². The standard InChI is InChI=1S/C13H16N2OS/c1-9(8-12(14)17)13(16)15-7-6-10-4-2-3-5-11(10)15/h2-5,9H,6-8H2,1H3,(H2,14,17). The van der Waals surface area contributed by atoms with Gasteiger partial charge in [0.2, 0.25) is 5.91 Å². The molecule has 2 rings (SSSR count). The van der Waals surface area contributed by atoms with Gasteiger partial charge in [0.15, 0.2) is 0 Å². The summed E-state index contributed by atoms with van der Waals surface area (Å²) in [6.45, 7) is 2.64. The third-order valence-electron chi connectivity index (χ3n) is 3.08. The Hall–Kier alpha value is -1.42. The maximum absolute atomic E-state index is 12.3. The first-order chi connectivity index (χ1) is 8.09. The molecule has 17 heavy (non-hydrogen) atoms. The van der Waals surface area contributed by atoms with Crippen molar-refractivity contribution in [2.24, 2.45) is 11.7 Å². The van der Waals surface area contributed by atoms with E-state index in [4.69, 9.17) is 18.0 Å². The molecule has 1 aromatic carbocycles. The number of fused-ring (bicyclic) bond motifs is 1. The maximum atomic E-state index is 12.3. The Balaban J connectivity index is 2.15. The Bertz CT molecular complexity index is 458. The van der Waals surface area contributed by atoms with Crippen molar-refractivity contribution in [3.8, 4) is 0 Å². The lowest BCUT2D eigenvalue weighted by atomic mass is 10.1. The van der Waals surface area contributed by atoms with Crippen LogP contribution in [0.3, 0.4) is 0 Å². The SMILES string of the molecule is CC(CC(N)=S)C(=O)N1CCc2ccccc21. The number of thiocarbonyl (C=S) groups is 1. The number of amides is 1. The van der Waals surface area contributed by atoms with E-state index in [-0.39, 0.29) is 11.8 Å². The highest BCUT2D eigenvalue weighted by Crippen LogP contribution is 2.29. The Labute approximate surface area is 107 Å². The van der Waals surface area contributed by atoms with Crippen molar-refractivity contribution in [2.75, 3.05) is 11.4 Å². The smallest absolute Gasteiger partial charge is 0.230 e. The predicted octanol–water partition coefficient (Wildman–Crippen LogP) is 1.89. The molecule has 0 radical (unpaired) electrons. The van der Waals surface area contributed by atoms with Crippen LogP contribution in [0.5, 0.6) is 0 Å². The van der Waals surface area contributed by atoms with Crippen molar-refractivity contribution in [3.05, 3.63) is 29.8 Å². The summed E-state index contributed by atoms with van der Waals surface area (Å²) >= 11 is 4.85. The quantitative estimate of drug-likeness (QED) is 0.831. The van der Waals surface area contributed by atoms with Gasteiger partial charge in [0, 0.05) is 24.6 Å². The molecule has 1 heterocycles. The summed E-state index contributed by atoms with van der Waals surface area (Å²) in [5.74, 6) is -0.0265. The average Bonchev–Trinajstić information content (AvgIpc) is 2.70. The van der Waals surface area contributed by atoms with Gasteiger partial charge >= 0.3 is 0 Å². The van der Waals surface area contributed by atoms with Gasteiger partial charge in [-0.2, -0.15) is 0 Å². The lowest BCUT2D eigenvalue weighted by Gasteiger charge is -2.21. The van der Waals surface area contributed by atoms with Crippen LogP contribution in [0.2, 0.25) is 0 Å². The molecule has 1 aliphatic rings. The van der Waals surface area contributed by atoms with E-state index in [1.54, 1.807) is 0 Å². The first kappa shape index (κ1) is 12.0. The molecule has 0 aliphatic carbocycles. The Morgan fingerprint density at radius 1 is 1.53 bits per heavy atom. The first-order valence-electron chi connectivity index (χ1n) is 5.77. The molecule has 2 N–H and O–H groups in total. The first-order valence-corrected chi connectivity index (χ1v) is 6.18. The number of hydrogen-bond donors (Lipinski definition) is 1. The number of nitrogens with two attached hydrogens (primary N) is 1. The summed E-state index contributed by atoms with van der Waals surface area (Å²) in [5.41, 5.74) is 7.76. The Morgan fingerprint density at radius 3 is 2.94 bits per heavy atom. The van der Waals surface area contributed by atoms with Gasteiger partial charge < -0.3 is 10.6 Å². The molecular weight excluding hydrogens is 232 g/mol. The molecule has 1 aliphatic heterocycles. The highest BCUT2D eigenvalue weighted by molar-refractivity contribution is 7.80. The van der Waals surface area contributed by atoms with E-state index in [1.807, 2.05) is 30.0 Å². The molecule has 90 valence electrons. The van der Waals surface area contributed by atoms with Crippen LogP contribution in [0.15, 0.2) is 24.3 Å². The lowest BCUT2D eigenvalue weighted by molar-refractivity contribution is -0.121. The Kier molecular flexibility index (Phi) is 3.43. The topological polar surface area (TPSA) is 46.3 Å². The van der Waals surface area contributed by atoms with Crippen LogP contribution in [0, 0.1) is 5.92 Å². The van der Waals surface area contributed by atoms with Crippen molar-refractivity contribution in [2.45, 2.75) is 19.8 Å². The number of benzene rings is 1. The molecule has 1 amide bonds. The lowest BCUT2D eigenvalue weighted by Crippen LogP contribution is -2.35. The zero-order chi connectivity index (χ0) is 12.4. The number of hydrogen-bond acceptors (Lipinski definition) is 2. The molecule has 3 nitrogen and oxygen atoms in total. The van der Waals surface area contributed by atoms with E-state index in [9.17, 15) is 4.79 Å². The van der Waals surface area contributed by atoms with Crippen molar-refractivity contribution >= 4 is 28.8 Å². The fourth-order valence-electron chi connectivity index (χ4n) is 2.22. The number of carbonyl (C=O) groups is 1. The number of anilines is 1. The third-order valence-corrected chi connectivity index (χ3v) is 3.25. The molecule has 1 unspecified atom stereocenters.